The highest BCUT2D eigenvalue weighted by molar-refractivity contribution is 6.04. The van der Waals surface area contributed by atoms with Crippen molar-refractivity contribution in [3.8, 4) is 5.75 Å². The molecule has 0 aromatic heterocycles. The summed E-state index contributed by atoms with van der Waals surface area (Å²) in [4.78, 5) is 41.0. The second-order valence-corrected chi connectivity index (χ2v) is 11.1. The molecule has 3 fully saturated rings. The van der Waals surface area contributed by atoms with Gasteiger partial charge >= 0.3 is 0 Å². The van der Waals surface area contributed by atoms with Crippen molar-refractivity contribution in [2.24, 2.45) is 15.4 Å². The molecule has 0 unspecified atom stereocenters. The third kappa shape index (κ3) is 5.85. The van der Waals surface area contributed by atoms with Crippen LogP contribution >= 0.6 is 0 Å². The van der Waals surface area contributed by atoms with Crippen LogP contribution in [0.15, 0.2) is 40.1 Å². The van der Waals surface area contributed by atoms with Gasteiger partial charge in [-0.3, -0.25) is 14.6 Å². The fraction of sp³-hybridized carbons (Fsp3) is 0.571. The van der Waals surface area contributed by atoms with Gasteiger partial charge in [0.2, 0.25) is 5.91 Å². The Bertz CT molecular complexity index is 1120. The number of nitrogens with zero attached hydrogens (tertiary/aromatic N) is 5. The number of amidine groups is 1. The number of methoxy groups -OCH3 is 1. The molecular formula is C28H41N7O3. The van der Waals surface area contributed by atoms with Crippen molar-refractivity contribution >= 4 is 30.1 Å². The SMILES string of the molecule is C=N/C=C1\C(=N/CNc2ccc(C(=O)NC3CN(C)C3)cc2OC)N(C2CCCC2)CC(C)(C)C(=O)N1C. The second kappa shape index (κ2) is 11.6. The second-order valence-electron chi connectivity index (χ2n) is 11.1. The lowest BCUT2D eigenvalue weighted by Crippen LogP contribution is -2.57. The van der Waals surface area contributed by atoms with E-state index < -0.39 is 5.41 Å². The van der Waals surface area contributed by atoms with E-state index in [0.717, 1.165) is 37.5 Å². The number of likely N-dealkylation sites (N-methyl/N-ethyl adjacent to an activating group) is 2. The third-order valence-electron chi connectivity index (χ3n) is 7.65. The van der Waals surface area contributed by atoms with Crippen LogP contribution in [0.25, 0.3) is 0 Å². The number of benzene rings is 1. The molecule has 2 N–H and O–H groups in total. The van der Waals surface area contributed by atoms with Gasteiger partial charge in [0.15, 0.2) is 5.84 Å². The molecule has 10 heteroatoms. The molecule has 0 bridgehead atoms. The first kappa shape index (κ1) is 27.6. The van der Waals surface area contributed by atoms with Gasteiger partial charge in [-0.15, -0.1) is 0 Å². The first-order valence-corrected chi connectivity index (χ1v) is 13.3. The van der Waals surface area contributed by atoms with E-state index in [4.69, 9.17) is 9.73 Å². The van der Waals surface area contributed by atoms with E-state index in [9.17, 15) is 9.59 Å². The number of likely N-dealkylation sites (tertiary alicyclic amines) is 1. The van der Waals surface area contributed by atoms with Crippen LogP contribution in [-0.2, 0) is 4.79 Å². The van der Waals surface area contributed by atoms with Crippen molar-refractivity contribution < 1.29 is 14.3 Å². The van der Waals surface area contributed by atoms with Crippen LogP contribution in [0.3, 0.4) is 0 Å². The fourth-order valence-electron chi connectivity index (χ4n) is 5.59. The minimum atomic E-state index is -0.573. The summed E-state index contributed by atoms with van der Waals surface area (Å²) in [5.41, 5.74) is 1.35. The van der Waals surface area contributed by atoms with Crippen molar-refractivity contribution in [3.05, 3.63) is 35.7 Å². The van der Waals surface area contributed by atoms with Crippen molar-refractivity contribution in [3.63, 3.8) is 0 Å². The lowest BCUT2D eigenvalue weighted by Gasteiger charge is -2.36. The van der Waals surface area contributed by atoms with Crippen molar-refractivity contribution in [2.45, 2.75) is 51.6 Å². The molecule has 10 nitrogen and oxygen atoms in total. The van der Waals surface area contributed by atoms with Gasteiger partial charge in [-0.2, -0.15) is 0 Å². The Morgan fingerprint density at radius 1 is 1.24 bits per heavy atom. The van der Waals surface area contributed by atoms with E-state index in [0.29, 0.717) is 29.6 Å². The van der Waals surface area contributed by atoms with Crippen molar-refractivity contribution in [2.75, 3.05) is 52.8 Å². The highest BCUT2D eigenvalue weighted by Crippen LogP contribution is 2.34. The largest absolute Gasteiger partial charge is 0.495 e. The summed E-state index contributed by atoms with van der Waals surface area (Å²) < 4.78 is 5.58. The van der Waals surface area contributed by atoms with Crippen LogP contribution in [0, 0.1) is 5.41 Å². The van der Waals surface area contributed by atoms with Crippen LogP contribution in [0.4, 0.5) is 5.69 Å². The monoisotopic (exact) mass is 523 g/mol. The zero-order chi connectivity index (χ0) is 27.4. The fourth-order valence-corrected chi connectivity index (χ4v) is 5.59. The molecule has 3 aliphatic rings. The Hall–Kier alpha value is -3.40. The summed E-state index contributed by atoms with van der Waals surface area (Å²) in [6, 6.07) is 5.86. The molecule has 2 saturated heterocycles. The Labute approximate surface area is 225 Å². The normalized spacial score (nSPS) is 22.9. The first-order chi connectivity index (χ1) is 18.1. The number of hydrogen-bond acceptors (Lipinski definition) is 7. The Morgan fingerprint density at radius 2 is 1.95 bits per heavy atom. The number of hydrogen-bond donors (Lipinski definition) is 2. The molecule has 38 heavy (non-hydrogen) atoms. The number of carbonyl (C=O) groups is 2. The topological polar surface area (TPSA) is 102 Å². The maximum Gasteiger partial charge on any atom is 0.251 e. The van der Waals surface area contributed by atoms with Gasteiger partial charge in [0.1, 0.15) is 18.1 Å². The van der Waals surface area contributed by atoms with Crippen LogP contribution in [0.2, 0.25) is 0 Å². The summed E-state index contributed by atoms with van der Waals surface area (Å²) in [7, 11) is 5.39. The Balaban J connectivity index is 1.56. The van der Waals surface area contributed by atoms with Crippen molar-refractivity contribution in [1.29, 1.82) is 0 Å². The number of anilines is 1. The molecule has 206 valence electrons. The van der Waals surface area contributed by atoms with Gasteiger partial charge < -0.3 is 30.1 Å². The lowest BCUT2D eigenvalue weighted by molar-refractivity contribution is -0.136. The highest BCUT2D eigenvalue weighted by Gasteiger charge is 2.42. The van der Waals surface area contributed by atoms with Crippen LogP contribution in [-0.4, -0.2) is 98.7 Å². The van der Waals surface area contributed by atoms with E-state index in [1.807, 2.05) is 27.0 Å². The van der Waals surface area contributed by atoms with Gasteiger partial charge in [-0.05, 0) is 58.7 Å². The van der Waals surface area contributed by atoms with Crippen LogP contribution in [0.1, 0.15) is 49.9 Å². The summed E-state index contributed by atoms with van der Waals surface area (Å²) >= 11 is 0. The zero-order valence-electron chi connectivity index (χ0n) is 23.3. The molecule has 0 radical (unpaired) electrons. The van der Waals surface area contributed by atoms with Gasteiger partial charge in [-0.1, -0.05) is 12.8 Å². The van der Waals surface area contributed by atoms with Gasteiger partial charge in [0.25, 0.3) is 5.91 Å². The third-order valence-corrected chi connectivity index (χ3v) is 7.65. The number of nitrogens with one attached hydrogen (secondary N) is 2. The average molecular weight is 524 g/mol. The van der Waals surface area contributed by atoms with Gasteiger partial charge in [-0.25, -0.2) is 4.99 Å². The summed E-state index contributed by atoms with van der Waals surface area (Å²) in [6.45, 7) is 10.2. The molecule has 1 aliphatic carbocycles. The molecule has 2 amide bonds. The van der Waals surface area contributed by atoms with E-state index in [1.54, 1.807) is 37.4 Å². The average Bonchev–Trinajstić information content (AvgIpc) is 3.40. The van der Waals surface area contributed by atoms with Crippen LogP contribution < -0.4 is 15.4 Å². The number of amides is 2. The predicted molar refractivity (Wildman–Crippen MR) is 151 cm³/mol. The van der Waals surface area contributed by atoms with Gasteiger partial charge in [0, 0.05) is 38.3 Å². The van der Waals surface area contributed by atoms with E-state index in [2.05, 4.69) is 32.1 Å². The Kier molecular flexibility index (Phi) is 8.40. The Morgan fingerprint density at radius 3 is 2.58 bits per heavy atom. The predicted octanol–water partition coefficient (Wildman–Crippen LogP) is 2.79. The minimum Gasteiger partial charge on any atom is -0.495 e. The van der Waals surface area contributed by atoms with Gasteiger partial charge in [0.05, 0.1) is 30.5 Å². The standard InChI is InChI=1S/C28H41N7O3/c1-28(2)17-35(21-9-7-8-10-21)25(23(14-29-3)34(5)27(28)37)31-18-30-22-12-11-19(13-24(22)38-6)26(36)32-20-15-33(4)16-20/h11-14,20-21,30H,3,7-10,15-18H2,1-2,4-6H3,(H,32,36)/b23-14+,31-25+. The van der Waals surface area contributed by atoms with E-state index >= 15 is 0 Å². The number of aliphatic imine (C=N–C) groups is 2. The molecule has 1 aromatic carbocycles. The molecule has 1 saturated carbocycles. The molecule has 2 heterocycles. The molecular weight excluding hydrogens is 482 g/mol. The molecule has 2 aliphatic heterocycles. The first-order valence-electron chi connectivity index (χ1n) is 13.3. The summed E-state index contributed by atoms with van der Waals surface area (Å²) in [6.07, 6.45) is 6.11. The molecule has 4 rings (SSSR count). The molecule has 0 spiro atoms. The highest BCUT2D eigenvalue weighted by atomic mass is 16.5. The minimum absolute atomic E-state index is 0.0256. The summed E-state index contributed by atoms with van der Waals surface area (Å²) in [5, 5.41) is 6.39. The zero-order valence-corrected chi connectivity index (χ0v) is 23.3. The lowest BCUT2D eigenvalue weighted by atomic mass is 9.91. The quantitative estimate of drug-likeness (QED) is 0.508. The van der Waals surface area contributed by atoms with E-state index in [-0.39, 0.29) is 24.5 Å². The number of carbonyl (C=O) groups excluding carboxylic acids is 2. The van der Waals surface area contributed by atoms with Crippen LogP contribution in [0.5, 0.6) is 5.75 Å². The van der Waals surface area contributed by atoms with Crippen molar-refractivity contribution in [1.82, 2.24) is 20.0 Å². The number of rotatable bonds is 8. The maximum atomic E-state index is 13.3. The number of ether oxygens (including phenoxy) is 1. The van der Waals surface area contributed by atoms with E-state index in [1.165, 1.54) is 12.8 Å². The molecule has 0 atom stereocenters. The summed E-state index contributed by atoms with van der Waals surface area (Å²) in [5.74, 6) is 1.21. The molecule has 1 aromatic rings. The maximum absolute atomic E-state index is 13.3. The smallest absolute Gasteiger partial charge is 0.251 e.